The largest absolute Gasteiger partial charge is 0.449 e. The third-order valence-corrected chi connectivity index (χ3v) is 4.62. The lowest BCUT2D eigenvalue weighted by Gasteiger charge is -2.15. The van der Waals surface area contributed by atoms with Crippen molar-refractivity contribution in [2.75, 3.05) is 13.2 Å². The van der Waals surface area contributed by atoms with Crippen LogP contribution in [0.2, 0.25) is 0 Å². The molecule has 0 aliphatic heterocycles. The first-order valence-corrected chi connectivity index (χ1v) is 8.42. The summed E-state index contributed by atoms with van der Waals surface area (Å²) in [6, 6.07) is 16.7. The number of carbonyl (C=O) groups excluding carboxylic acids is 1. The van der Waals surface area contributed by atoms with Crippen LogP contribution in [0.1, 0.15) is 30.4 Å². The van der Waals surface area contributed by atoms with E-state index in [-0.39, 0.29) is 12.0 Å². The molecule has 1 amide bonds. The lowest BCUT2D eigenvalue weighted by Crippen LogP contribution is -2.27. The number of hydrogen-bond acceptors (Lipinski definition) is 2. The van der Waals surface area contributed by atoms with Gasteiger partial charge in [0.2, 0.25) is 0 Å². The zero-order valence-electron chi connectivity index (χ0n) is 14.0. The molecular formula is C21H23NO2. The van der Waals surface area contributed by atoms with E-state index in [9.17, 15) is 4.79 Å². The van der Waals surface area contributed by atoms with E-state index in [4.69, 9.17) is 4.74 Å². The Bertz CT molecular complexity index is 693. The van der Waals surface area contributed by atoms with Crippen LogP contribution in [0.25, 0.3) is 11.1 Å². The summed E-state index contributed by atoms with van der Waals surface area (Å²) in [6.45, 7) is 6.78. The summed E-state index contributed by atoms with van der Waals surface area (Å²) in [5, 5.41) is 2.81. The Hall–Kier alpha value is -2.55. The summed E-state index contributed by atoms with van der Waals surface area (Å²) in [7, 11) is 0. The third-order valence-electron chi connectivity index (χ3n) is 4.62. The van der Waals surface area contributed by atoms with Gasteiger partial charge in [0.25, 0.3) is 0 Å². The lowest BCUT2D eigenvalue weighted by molar-refractivity contribution is 0.142. The molecule has 1 aliphatic carbocycles. The number of amides is 1. The minimum absolute atomic E-state index is 0.107. The predicted octanol–water partition coefficient (Wildman–Crippen LogP) is 4.74. The second-order valence-corrected chi connectivity index (χ2v) is 6.25. The van der Waals surface area contributed by atoms with Crippen molar-refractivity contribution in [1.29, 1.82) is 0 Å². The molecule has 0 bridgehead atoms. The summed E-state index contributed by atoms with van der Waals surface area (Å²) in [4.78, 5) is 11.9. The molecule has 0 fully saturated rings. The second kappa shape index (κ2) is 7.35. The Morgan fingerprint density at radius 1 is 1.17 bits per heavy atom. The van der Waals surface area contributed by atoms with Crippen molar-refractivity contribution in [3.63, 3.8) is 0 Å². The van der Waals surface area contributed by atoms with Crippen LogP contribution in [0.4, 0.5) is 4.79 Å². The van der Waals surface area contributed by atoms with Gasteiger partial charge in [0.15, 0.2) is 0 Å². The number of alkyl carbamates (subject to hydrolysis) is 1. The van der Waals surface area contributed by atoms with Crippen LogP contribution < -0.4 is 5.32 Å². The van der Waals surface area contributed by atoms with Gasteiger partial charge in [-0.2, -0.15) is 0 Å². The van der Waals surface area contributed by atoms with Crippen molar-refractivity contribution in [2.24, 2.45) is 5.92 Å². The van der Waals surface area contributed by atoms with Crippen molar-refractivity contribution in [3.05, 3.63) is 72.3 Å². The Balaban J connectivity index is 1.63. The molecule has 1 aliphatic rings. The molecule has 2 aromatic rings. The first kappa shape index (κ1) is 16.3. The number of allylic oxidation sites excluding steroid dienone is 1. The van der Waals surface area contributed by atoms with Crippen LogP contribution in [0.15, 0.2) is 61.2 Å². The van der Waals surface area contributed by atoms with E-state index in [1.54, 1.807) is 0 Å². The summed E-state index contributed by atoms with van der Waals surface area (Å²) in [5.74, 6) is 0.495. The van der Waals surface area contributed by atoms with Crippen molar-refractivity contribution in [1.82, 2.24) is 5.32 Å². The van der Waals surface area contributed by atoms with E-state index in [0.29, 0.717) is 19.1 Å². The SMILES string of the molecule is C=CC(C)CCNC(=O)OCC1c2ccccc2-c2ccccc21. The van der Waals surface area contributed by atoms with E-state index >= 15 is 0 Å². The van der Waals surface area contributed by atoms with Crippen LogP contribution in [-0.4, -0.2) is 19.2 Å². The molecule has 124 valence electrons. The molecule has 3 rings (SSSR count). The molecule has 3 nitrogen and oxygen atoms in total. The normalized spacial score (nSPS) is 13.7. The fourth-order valence-corrected chi connectivity index (χ4v) is 3.17. The molecule has 1 unspecified atom stereocenters. The summed E-state index contributed by atoms with van der Waals surface area (Å²) >= 11 is 0. The van der Waals surface area contributed by atoms with Gasteiger partial charge in [0.05, 0.1) is 0 Å². The van der Waals surface area contributed by atoms with Gasteiger partial charge in [-0.3, -0.25) is 0 Å². The van der Waals surface area contributed by atoms with Crippen LogP contribution in [-0.2, 0) is 4.74 Å². The third kappa shape index (κ3) is 3.35. The van der Waals surface area contributed by atoms with Gasteiger partial charge in [0.1, 0.15) is 6.61 Å². The number of benzene rings is 2. The first-order chi connectivity index (χ1) is 11.7. The molecule has 24 heavy (non-hydrogen) atoms. The standard InChI is InChI=1S/C21H23NO2/c1-3-15(2)12-13-22-21(23)24-14-20-18-10-6-4-8-16(18)17-9-5-7-11-19(17)20/h3-11,15,20H,1,12-14H2,2H3,(H,22,23). The number of carbonyl (C=O) groups is 1. The molecule has 1 N–H and O–H groups in total. The van der Waals surface area contributed by atoms with Gasteiger partial charge in [-0.1, -0.05) is 61.5 Å². The predicted molar refractivity (Wildman–Crippen MR) is 97.0 cm³/mol. The van der Waals surface area contributed by atoms with Crippen molar-refractivity contribution in [2.45, 2.75) is 19.3 Å². The Morgan fingerprint density at radius 3 is 2.33 bits per heavy atom. The molecule has 1 atom stereocenters. The van der Waals surface area contributed by atoms with Crippen molar-refractivity contribution in [3.8, 4) is 11.1 Å². The minimum Gasteiger partial charge on any atom is -0.449 e. The second-order valence-electron chi connectivity index (χ2n) is 6.25. The number of fused-ring (bicyclic) bond motifs is 3. The summed E-state index contributed by atoms with van der Waals surface area (Å²) < 4.78 is 5.48. The quantitative estimate of drug-likeness (QED) is 0.781. The maximum Gasteiger partial charge on any atom is 0.407 e. The molecule has 3 heteroatoms. The Morgan fingerprint density at radius 2 is 1.75 bits per heavy atom. The van der Waals surface area contributed by atoms with Gasteiger partial charge >= 0.3 is 6.09 Å². The minimum atomic E-state index is -0.354. The molecule has 0 aromatic heterocycles. The highest BCUT2D eigenvalue weighted by molar-refractivity contribution is 5.79. The maximum absolute atomic E-state index is 11.9. The van der Waals surface area contributed by atoms with Gasteiger partial charge in [-0.25, -0.2) is 4.79 Å². The average molecular weight is 321 g/mol. The highest BCUT2D eigenvalue weighted by atomic mass is 16.5. The molecule has 0 radical (unpaired) electrons. The van der Waals surface area contributed by atoms with Gasteiger partial charge in [-0.05, 0) is 34.6 Å². The van der Waals surface area contributed by atoms with Gasteiger partial charge in [0, 0.05) is 12.5 Å². The molecule has 0 heterocycles. The fraction of sp³-hybridized carbons (Fsp3) is 0.286. The van der Waals surface area contributed by atoms with Crippen LogP contribution in [0.5, 0.6) is 0 Å². The monoisotopic (exact) mass is 321 g/mol. The van der Waals surface area contributed by atoms with Crippen LogP contribution >= 0.6 is 0 Å². The molecular weight excluding hydrogens is 298 g/mol. The van der Waals surface area contributed by atoms with Crippen molar-refractivity contribution >= 4 is 6.09 Å². The van der Waals surface area contributed by atoms with E-state index < -0.39 is 0 Å². The smallest absolute Gasteiger partial charge is 0.407 e. The average Bonchev–Trinajstić information content (AvgIpc) is 2.94. The van der Waals surface area contributed by atoms with E-state index in [1.807, 2.05) is 30.3 Å². The highest BCUT2D eigenvalue weighted by Crippen LogP contribution is 2.44. The van der Waals surface area contributed by atoms with Crippen LogP contribution in [0.3, 0.4) is 0 Å². The zero-order chi connectivity index (χ0) is 16.9. The van der Waals surface area contributed by atoms with Gasteiger partial charge in [-0.15, -0.1) is 6.58 Å². The molecule has 0 saturated carbocycles. The summed E-state index contributed by atoms with van der Waals surface area (Å²) in [5.41, 5.74) is 4.93. The van der Waals surface area contributed by atoms with Crippen LogP contribution in [0, 0.1) is 5.92 Å². The van der Waals surface area contributed by atoms with E-state index in [0.717, 1.165) is 6.42 Å². The first-order valence-electron chi connectivity index (χ1n) is 8.42. The van der Waals surface area contributed by atoms with Crippen molar-refractivity contribution < 1.29 is 9.53 Å². The molecule has 2 aromatic carbocycles. The maximum atomic E-state index is 11.9. The topological polar surface area (TPSA) is 38.3 Å². The number of hydrogen-bond donors (Lipinski definition) is 1. The van der Waals surface area contributed by atoms with Gasteiger partial charge < -0.3 is 10.1 Å². The zero-order valence-corrected chi connectivity index (χ0v) is 14.0. The molecule has 0 spiro atoms. The van der Waals surface area contributed by atoms with E-state index in [1.165, 1.54) is 22.3 Å². The Kier molecular flexibility index (Phi) is 4.99. The lowest BCUT2D eigenvalue weighted by atomic mass is 9.98. The Labute approximate surface area is 143 Å². The number of ether oxygens (including phenoxy) is 1. The number of rotatable bonds is 6. The van der Waals surface area contributed by atoms with E-state index in [2.05, 4.69) is 43.1 Å². The number of nitrogens with one attached hydrogen (secondary N) is 1. The highest BCUT2D eigenvalue weighted by Gasteiger charge is 2.28. The summed E-state index contributed by atoms with van der Waals surface area (Å²) in [6.07, 6.45) is 2.40. The fourth-order valence-electron chi connectivity index (χ4n) is 3.17. The molecule has 0 saturated heterocycles.